The molecule has 9 nitrogen and oxygen atoms in total. The lowest BCUT2D eigenvalue weighted by molar-refractivity contribution is 0.0441. The van der Waals surface area contributed by atoms with Crippen molar-refractivity contribution in [3.8, 4) is 11.7 Å². The van der Waals surface area contributed by atoms with Crippen molar-refractivity contribution in [2.75, 3.05) is 6.61 Å². The second-order valence-corrected chi connectivity index (χ2v) is 8.84. The number of carbonyl (C=O) groups excluding carboxylic acids is 2. The zero-order valence-electron chi connectivity index (χ0n) is 19.0. The third-order valence-electron chi connectivity index (χ3n) is 4.90. The number of pyridine rings is 1. The number of nitrogens with one attached hydrogen (secondary N) is 1. The molecule has 0 aliphatic heterocycles. The standard InChI is InChI=1S/C12H11ClF2N3O2P.C10H11N3O/c1-7(19)9-5-10(20-6-12(14,15)21)17-18(9)11-8(13)3-2-4-16-11;1-5-3-7-4-12-13-9(7)8(6(5)2)10(11)14/h2-5H,6,21H2,1H3;3-4H,1-2H3,(H2,11,14)(H,12,13). The van der Waals surface area contributed by atoms with Crippen molar-refractivity contribution < 1.29 is 23.1 Å². The van der Waals surface area contributed by atoms with Gasteiger partial charge in [0.15, 0.2) is 18.2 Å². The highest BCUT2D eigenvalue weighted by atomic mass is 35.5. The van der Waals surface area contributed by atoms with E-state index in [1.165, 1.54) is 33.1 Å². The highest BCUT2D eigenvalue weighted by molar-refractivity contribution is 7.18. The summed E-state index contributed by atoms with van der Waals surface area (Å²) >= 11 is 6.00. The average molecular weight is 523 g/mol. The Kier molecular flexibility index (Phi) is 7.82. The van der Waals surface area contributed by atoms with Crippen LogP contribution < -0.4 is 10.5 Å². The number of benzene rings is 1. The number of hydrogen-bond acceptors (Lipinski definition) is 6. The molecule has 0 spiro atoms. The number of halogens is 3. The maximum Gasteiger partial charge on any atom is 0.292 e. The van der Waals surface area contributed by atoms with E-state index in [2.05, 4.69) is 20.3 Å². The molecule has 4 aromatic rings. The summed E-state index contributed by atoms with van der Waals surface area (Å²) in [5, 5.41) is 11.8. The van der Waals surface area contributed by atoms with Crippen molar-refractivity contribution in [1.82, 2.24) is 25.0 Å². The van der Waals surface area contributed by atoms with Gasteiger partial charge in [-0.05, 0) is 43.2 Å². The molecule has 184 valence electrons. The van der Waals surface area contributed by atoms with Gasteiger partial charge in [-0.2, -0.15) is 13.9 Å². The second-order valence-electron chi connectivity index (χ2n) is 7.59. The van der Waals surface area contributed by atoms with Gasteiger partial charge >= 0.3 is 0 Å². The smallest absolute Gasteiger partial charge is 0.292 e. The Bertz CT molecular complexity index is 1400. The maximum absolute atomic E-state index is 12.8. The van der Waals surface area contributed by atoms with Gasteiger partial charge in [-0.25, -0.2) is 9.67 Å². The molecule has 0 fully saturated rings. The highest BCUT2D eigenvalue weighted by Gasteiger charge is 2.24. The van der Waals surface area contributed by atoms with Crippen LogP contribution in [-0.4, -0.2) is 48.9 Å². The molecule has 0 radical (unpaired) electrons. The topological polar surface area (TPSA) is 129 Å². The van der Waals surface area contributed by atoms with Crippen molar-refractivity contribution in [1.29, 1.82) is 0 Å². The lowest BCUT2D eigenvalue weighted by atomic mass is 10.00. The molecule has 3 aromatic heterocycles. The zero-order valence-corrected chi connectivity index (χ0v) is 20.9. The summed E-state index contributed by atoms with van der Waals surface area (Å²) in [6.07, 6.45) is 3.17. The number of aromatic nitrogens is 5. The summed E-state index contributed by atoms with van der Waals surface area (Å²) in [5.74, 6) is -0.627. The fourth-order valence-corrected chi connectivity index (χ4v) is 3.47. The normalized spacial score (nSPS) is 11.2. The van der Waals surface area contributed by atoms with E-state index in [0.29, 0.717) is 5.56 Å². The molecule has 3 N–H and O–H groups in total. The summed E-state index contributed by atoms with van der Waals surface area (Å²) < 4.78 is 31.6. The van der Waals surface area contributed by atoms with Gasteiger partial charge in [0, 0.05) is 24.6 Å². The number of primary amides is 1. The number of aryl methyl sites for hydroxylation is 1. The number of rotatable bonds is 6. The van der Waals surface area contributed by atoms with Crippen LogP contribution >= 0.6 is 20.8 Å². The highest BCUT2D eigenvalue weighted by Crippen LogP contribution is 2.26. The van der Waals surface area contributed by atoms with Gasteiger partial charge < -0.3 is 10.5 Å². The second kappa shape index (κ2) is 10.5. The Balaban J connectivity index is 0.000000211. The van der Waals surface area contributed by atoms with Crippen molar-refractivity contribution in [3.63, 3.8) is 0 Å². The summed E-state index contributed by atoms with van der Waals surface area (Å²) in [4.78, 5) is 26.9. The minimum absolute atomic E-state index is 0.107. The first-order chi connectivity index (χ1) is 16.4. The minimum Gasteiger partial charge on any atom is -0.470 e. The van der Waals surface area contributed by atoms with Gasteiger partial charge in [0.1, 0.15) is 5.69 Å². The molecule has 0 aliphatic carbocycles. The Morgan fingerprint density at radius 2 is 2.03 bits per heavy atom. The van der Waals surface area contributed by atoms with E-state index < -0.39 is 18.2 Å². The van der Waals surface area contributed by atoms with Crippen LogP contribution in [0.4, 0.5) is 8.78 Å². The van der Waals surface area contributed by atoms with Gasteiger partial charge in [0.2, 0.25) is 5.88 Å². The van der Waals surface area contributed by atoms with Gasteiger partial charge in [0.05, 0.1) is 22.3 Å². The van der Waals surface area contributed by atoms with E-state index in [1.54, 1.807) is 18.3 Å². The quantitative estimate of drug-likeness (QED) is 0.288. The fraction of sp³-hybridized carbons (Fsp3) is 0.227. The number of nitrogens with two attached hydrogens (primary N) is 1. The summed E-state index contributed by atoms with van der Waals surface area (Å²) in [6, 6.07) is 6.45. The van der Waals surface area contributed by atoms with Crippen LogP contribution in [-0.2, 0) is 0 Å². The number of Topliss-reactive ketones (excluding diaryl/α,β-unsaturated/α-hetero) is 1. The van der Waals surface area contributed by atoms with Crippen molar-refractivity contribution in [3.05, 3.63) is 64.1 Å². The Labute approximate surface area is 206 Å². The first kappa shape index (κ1) is 26.2. The van der Waals surface area contributed by atoms with Gasteiger partial charge in [0.25, 0.3) is 11.6 Å². The maximum atomic E-state index is 12.8. The van der Waals surface area contributed by atoms with E-state index >= 15 is 0 Å². The molecule has 35 heavy (non-hydrogen) atoms. The van der Waals surface area contributed by atoms with Crippen LogP contribution in [0.5, 0.6) is 5.88 Å². The number of ether oxygens (including phenoxy) is 1. The van der Waals surface area contributed by atoms with E-state index in [-0.39, 0.29) is 28.2 Å². The SMILES string of the molecule is CC(=O)c1cc(OCC(F)(F)P)nn1-c1ncccc1Cl.Cc1cc2cn[nH]c2c(C(N)=O)c1C. The van der Waals surface area contributed by atoms with Gasteiger partial charge in [-0.1, -0.05) is 20.8 Å². The molecular weight excluding hydrogens is 501 g/mol. The average Bonchev–Trinajstić information content (AvgIpc) is 3.40. The molecule has 1 amide bonds. The van der Waals surface area contributed by atoms with Crippen LogP contribution in [0, 0.1) is 13.8 Å². The van der Waals surface area contributed by atoms with Crippen LogP contribution in [0.2, 0.25) is 5.02 Å². The number of ketones is 1. The van der Waals surface area contributed by atoms with Gasteiger partial charge in [-0.3, -0.25) is 14.7 Å². The number of carbonyl (C=O) groups is 2. The first-order valence-corrected chi connectivity index (χ1v) is 11.1. The van der Waals surface area contributed by atoms with E-state index in [9.17, 15) is 18.4 Å². The summed E-state index contributed by atoms with van der Waals surface area (Å²) in [7, 11) is 1.36. The Morgan fingerprint density at radius 3 is 2.63 bits per heavy atom. The number of alkyl halides is 2. The van der Waals surface area contributed by atoms with Crippen molar-refractivity contribution in [2.24, 2.45) is 5.73 Å². The van der Waals surface area contributed by atoms with E-state index in [0.717, 1.165) is 22.0 Å². The number of aromatic amines is 1. The monoisotopic (exact) mass is 522 g/mol. The molecule has 1 unspecified atom stereocenters. The molecule has 1 aromatic carbocycles. The summed E-state index contributed by atoms with van der Waals surface area (Å²) in [6.45, 7) is 4.28. The van der Waals surface area contributed by atoms with Crippen LogP contribution in [0.15, 0.2) is 36.7 Å². The molecule has 0 bridgehead atoms. The number of H-pyrrole nitrogens is 1. The van der Waals surface area contributed by atoms with E-state index in [1.807, 2.05) is 19.9 Å². The first-order valence-electron chi connectivity index (χ1n) is 10.1. The lowest BCUT2D eigenvalue weighted by Crippen LogP contribution is -2.17. The largest absolute Gasteiger partial charge is 0.470 e. The van der Waals surface area contributed by atoms with Crippen LogP contribution in [0.1, 0.15) is 38.9 Å². The van der Waals surface area contributed by atoms with Gasteiger partial charge in [-0.15, -0.1) is 5.10 Å². The predicted molar refractivity (Wildman–Crippen MR) is 131 cm³/mol. The molecule has 0 aliphatic rings. The predicted octanol–water partition coefficient (Wildman–Crippen LogP) is 4.25. The van der Waals surface area contributed by atoms with Crippen molar-refractivity contribution in [2.45, 2.75) is 26.4 Å². The number of amides is 1. The molecule has 13 heteroatoms. The zero-order chi connectivity index (χ0) is 25.9. The third-order valence-corrected chi connectivity index (χ3v) is 5.37. The molecule has 1 atom stereocenters. The van der Waals surface area contributed by atoms with Crippen LogP contribution in [0.25, 0.3) is 16.7 Å². The molecule has 3 heterocycles. The molecular formula is C22H22ClF2N6O3P. The van der Waals surface area contributed by atoms with Crippen molar-refractivity contribution >= 4 is 43.4 Å². The Hall–Kier alpha value is -3.43. The third kappa shape index (κ3) is 6.17. The molecule has 4 rings (SSSR count). The number of hydrogen-bond donors (Lipinski definition) is 2. The lowest BCUT2D eigenvalue weighted by Gasteiger charge is -2.09. The van der Waals surface area contributed by atoms with Crippen LogP contribution in [0.3, 0.4) is 0 Å². The molecule has 0 saturated heterocycles. The number of fused-ring (bicyclic) bond motifs is 1. The summed E-state index contributed by atoms with van der Waals surface area (Å²) in [5.41, 5.74) is 5.60. The minimum atomic E-state index is -3.08. The Morgan fingerprint density at radius 1 is 1.31 bits per heavy atom. The fourth-order valence-electron chi connectivity index (χ4n) is 3.18. The van der Waals surface area contributed by atoms with E-state index in [4.69, 9.17) is 22.1 Å². The molecule has 0 saturated carbocycles. The number of nitrogens with zero attached hydrogens (tertiary/aromatic N) is 4.